The second-order valence-corrected chi connectivity index (χ2v) is 8.49. The summed E-state index contributed by atoms with van der Waals surface area (Å²) in [7, 11) is 0. The molecule has 0 fully saturated rings. The summed E-state index contributed by atoms with van der Waals surface area (Å²) in [4.78, 5) is 4.63. The van der Waals surface area contributed by atoms with Crippen molar-refractivity contribution in [3.63, 3.8) is 0 Å². The Hall–Kier alpha value is -2.81. The monoisotopic (exact) mass is 653 g/mol. The van der Waals surface area contributed by atoms with Crippen LogP contribution in [-0.2, 0) is 23.3 Å². The van der Waals surface area contributed by atoms with Crippen LogP contribution in [0.1, 0.15) is 0 Å². The Morgan fingerprint density at radius 1 is 0.600 bits per heavy atom. The van der Waals surface area contributed by atoms with Crippen LogP contribution in [0.15, 0.2) is 140 Å². The molecular formula is C35H31Cl2NSiZr-4. The molecule has 0 saturated carbocycles. The minimum Gasteiger partial charge on any atom is -0.256 e. The van der Waals surface area contributed by atoms with E-state index in [1.54, 1.807) is 0 Å². The van der Waals surface area contributed by atoms with E-state index in [2.05, 4.69) is 139 Å². The summed E-state index contributed by atoms with van der Waals surface area (Å²) >= 11 is 1.36. The van der Waals surface area contributed by atoms with Crippen molar-refractivity contribution in [3.8, 4) is 22.3 Å². The molecule has 0 spiro atoms. The predicted octanol–water partition coefficient (Wildman–Crippen LogP) is 10.4. The van der Waals surface area contributed by atoms with E-state index < -0.39 is 0 Å². The van der Waals surface area contributed by atoms with Crippen molar-refractivity contribution in [1.82, 2.24) is 4.98 Å². The zero-order valence-electron chi connectivity index (χ0n) is 22.5. The Bertz CT molecular complexity index is 1710. The summed E-state index contributed by atoms with van der Waals surface area (Å²) in [6.07, 6.45) is 1.98. The minimum absolute atomic E-state index is 0. The zero-order valence-corrected chi connectivity index (χ0v) is 27.6. The maximum atomic E-state index is 4.63. The van der Waals surface area contributed by atoms with E-state index in [4.69, 9.17) is 0 Å². The molecule has 0 aliphatic heterocycles. The number of hydrogen-bond acceptors (Lipinski definition) is 1. The maximum Gasteiger partial charge on any atom is 0.0702 e. The van der Waals surface area contributed by atoms with Gasteiger partial charge in [0.2, 0.25) is 0 Å². The van der Waals surface area contributed by atoms with Crippen LogP contribution in [-0.4, -0.2) is 11.9 Å². The van der Waals surface area contributed by atoms with Crippen LogP contribution in [0.2, 0.25) is 0 Å². The first-order valence-electron chi connectivity index (χ1n) is 11.8. The van der Waals surface area contributed by atoms with Gasteiger partial charge in [0.15, 0.2) is 0 Å². The molecule has 0 amide bonds. The van der Waals surface area contributed by atoms with E-state index >= 15 is 0 Å². The van der Waals surface area contributed by atoms with Crippen LogP contribution in [0.25, 0.3) is 54.7 Å². The molecule has 0 aliphatic carbocycles. The average Bonchev–Trinajstić information content (AvgIpc) is 3.62. The molecule has 2 radical (unpaired) electrons. The van der Waals surface area contributed by atoms with Gasteiger partial charge in [-0.15, -0.1) is 89.0 Å². The van der Waals surface area contributed by atoms with Crippen molar-refractivity contribution in [1.29, 1.82) is 0 Å². The van der Waals surface area contributed by atoms with E-state index in [0.717, 1.165) is 11.1 Å². The number of aromatic nitrogens is 1. The van der Waals surface area contributed by atoms with Gasteiger partial charge >= 0.3 is 30.2 Å². The first-order chi connectivity index (χ1) is 17.8. The molecular weight excluding hydrogens is 625 g/mol. The maximum absolute atomic E-state index is 4.63. The van der Waals surface area contributed by atoms with Gasteiger partial charge in [0, 0.05) is 11.6 Å². The van der Waals surface area contributed by atoms with Crippen LogP contribution in [0.4, 0.5) is 0 Å². The standard InChI is InChI=1S/C24H16N.C9H7.2CH3.2ClH.Si.Zr/c1-2-7-17(8-3-1)20-13-18-10-6-11-22(23(18)15-20)21-14-19-9-4-5-12-24(19)25-16-21;1-2-5-9-7-3-6-8(9)4-1;;;;;;/h1-16H;1-7H;2*1H3;2*1H;;/q4*-1;;;;. The summed E-state index contributed by atoms with van der Waals surface area (Å²) < 4.78 is 0. The minimum atomic E-state index is 0. The van der Waals surface area contributed by atoms with Crippen molar-refractivity contribution < 1.29 is 23.3 Å². The molecule has 202 valence electrons. The molecule has 7 rings (SSSR count). The number of fused-ring (bicyclic) bond motifs is 3. The van der Waals surface area contributed by atoms with Gasteiger partial charge in [-0.05, 0) is 17.7 Å². The summed E-state index contributed by atoms with van der Waals surface area (Å²) in [6, 6.07) is 46.7. The molecule has 1 heterocycles. The first-order valence-corrected chi connectivity index (χ1v) is 16.0. The number of nitrogens with zero attached hydrogens (tertiary/aromatic N) is 1. The number of rotatable bonds is 2. The van der Waals surface area contributed by atoms with Crippen LogP contribution in [0.5, 0.6) is 0 Å². The Labute approximate surface area is 267 Å². The predicted molar refractivity (Wildman–Crippen MR) is 178 cm³/mol. The molecule has 0 bridgehead atoms. The van der Waals surface area contributed by atoms with Crippen LogP contribution < -0.4 is 0 Å². The summed E-state index contributed by atoms with van der Waals surface area (Å²) in [5.74, 6) is 0. The van der Waals surface area contributed by atoms with Gasteiger partial charge in [-0.25, -0.2) is 0 Å². The van der Waals surface area contributed by atoms with Gasteiger partial charge in [-0.1, -0.05) is 77.9 Å². The Morgan fingerprint density at radius 3 is 2.00 bits per heavy atom. The topological polar surface area (TPSA) is 12.9 Å². The van der Waals surface area contributed by atoms with Gasteiger partial charge in [0.25, 0.3) is 0 Å². The molecule has 40 heavy (non-hydrogen) atoms. The molecule has 0 N–H and O–H groups in total. The van der Waals surface area contributed by atoms with Crippen LogP contribution in [0.3, 0.4) is 0 Å². The molecule has 6 aromatic carbocycles. The van der Waals surface area contributed by atoms with Gasteiger partial charge in [-0.2, -0.15) is 17.5 Å². The van der Waals surface area contributed by atoms with Crippen molar-refractivity contribution >= 4 is 64.1 Å². The number of hydrogen-bond donors (Lipinski definition) is 0. The largest absolute Gasteiger partial charge is 0.256 e. The summed E-state index contributed by atoms with van der Waals surface area (Å²) in [5.41, 5.74) is 5.94. The van der Waals surface area contributed by atoms with Crippen molar-refractivity contribution in [2.24, 2.45) is 0 Å². The Morgan fingerprint density at radius 2 is 1.25 bits per heavy atom. The van der Waals surface area contributed by atoms with E-state index in [0.29, 0.717) is 0 Å². The smallest absolute Gasteiger partial charge is 0.0702 e. The zero-order chi connectivity index (χ0) is 24.7. The van der Waals surface area contributed by atoms with Gasteiger partial charge < -0.3 is 14.9 Å². The van der Waals surface area contributed by atoms with E-state index in [1.165, 1.54) is 67.0 Å². The first kappa shape index (κ1) is 35.2. The fourth-order valence-electron chi connectivity index (χ4n) is 4.57. The molecule has 0 atom stereocenters. The number of pyridine rings is 1. The Kier molecular flexibility index (Phi) is 15.1. The van der Waals surface area contributed by atoms with Crippen LogP contribution >= 0.6 is 24.8 Å². The van der Waals surface area contributed by atoms with Gasteiger partial charge in [0.05, 0.1) is 5.52 Å². The quantitative estimate of drug-likeness (QED) is 0.133. The van der Waals surface area contributed by atoms with E-state index in [1.807, 2.05) is 12.3 Å². The SMILES string of the molecule is Cl.Cl.[CH3-].[CH3-].[Si]=[Zr].c1ccc(-c2cc3c(-c4cnc5ccccc5c4)cccc3[cH-]2)cc1.c1ccc2[cH-]ccc2c1. The molecule has 5 heteroatoms. The molecule has 0 aliphatic rings. The van der Waals surface area contributed by atoms with Crippen molar-refractivity contribution in [2.45, 2.75) is 0 Å². The van der Waals surface area contributed by atoms with Crippen molar-refractivity contribution in [3.05, 3.63) is 155 Å². The molecule has 7 aromatic rings. The fraction of sp³-hybridized carbons (Fsp3) is 0. The fourth-order valence-corrected chi connectivity index (χ4v) is 4.57. The number of para-hydroxylation sites is 1. The Balaban J connectivity index is 0.000000456. The third-order valence-electron chi connectivity index (χ3n) is 6.31. The normalized spacial score (nSPS) is 9.38. The van der Waals surface area contributed by atoms with Crippen molar-refractivity contribution in [2.75, 3.05) is 0 Å². The van der Waals surface area contributed by atoms with E-state index in [-0.39, 0.29) is 39.7 Å². The number of benzene rings is 4. The second-order valence-electron chi connectivity index (χ2n) is 8.49. The third-order valence-corrected chi connectivity index (χ3v) is 6.31. The average molecular weight is 656 g/mol. The molecule has 0 saturated heterocycles. The number of halogens is 2. The summed E-state index contributed by atoms with van der Waals surface area (Å²) in [5, 5.41) is 6.38. The van der Waals surface area contributed by atoms with Gasteiger partial charge in [-0.3, -0.25) is 4.98 Å². The van der Waals surface area contributed by atoms with Gasteiger partial charge in [0.1, 0.15) is 0 Å². The molecule has 0 unspecified atom stereocenters. The van der Waals surface area contributed by atoms with Crippen LogP contribution in [0, 0.1) is 14.9 Å². The molecule has 1 aromatic heterocycles. The molecule has 1 nitrogen and oxygen atoms in total. The van der Waals surface area contributed by atoms with E-state index in [9.17, 15) is 0 Å². The second kappa shape index (κ2) is 17.1. The summed E-state index contributed by atoms with van der Waals surface area (Å²) in [6.45, 7) is 3.06. The third kappa shape index (κ3) is 7.89.